The molecule has 0 aliphatic carbocycles. The summed E-state index contributed by atoms with van der Waals surface area (Å²) in [7, 11) is 0. The molecule has 2 aliphatic rings. The first-order valence-electron chi connectivity index (χ1n) is 10.1. The molecule has 2 aliphatic heterocycles. The molecule has 4 nitrogen and oxygen atoms in total. The van der Waals surface area contributed by atoms with Gasteiger partial charge in [-0.2, -0.15) is 0 Å². The molecule has 0 N–H and O–H groups in total. The molecule has 5 heteroatoms. The molecule has 1 unspecified atom stereocenters. The van der Waals surface area contributed by atoms with Gasteiger partial charge in [-0.1, -0.05) is 36.4 Å². The highest BCUT2D eigenvalue weighted by molar-refractivity contribution is 5.97. The van der Waals surface area contributed by atoms with Crippen LogP contribution in [0.1, 0.15) is 25.3 Å². The summed E-state index contributed by atoms with van der Waals surface area (Å²) in [4.78, 5) is 16.9. The summed E-state index contributed by atoms with van der Waals surface area (Å²) >= 11 is 0. The lowest BCUT2D eigenvalue weighted by atomic mass is 9.88. The van der Waals surface area contributed by atoms with Crippen LogP contribution in [0, 0.1) is 5.82 Å². The second kappa shape index (κ2) is 8.02. The van der Waals surface area contributed by atoms with E-state index in [4.69, 9.17) is 4.74 Å². The maximum atomic E-state index is 13.8. The second-order valence-electron chi connectivity index (χ2n) is 7.89. The number of hydrogen-bond acceptors (Lipinski definition) is 3. The summed E-state index contributed by atoms with van der Waals surface area (Å²) < 4.78 is 20.1. The van der Waals surface area contributed by atoms with Gasteiger partial charge >= 0.3 is 0 Å². The predicted octanol–water partition coefficient (Wildman–Crippen LogP) is 3.65. The van der Waals surface area contributed by atoms with E-state index >= 15 is 0 Å². The predicted molar refractivity (Wildman–Crippen MR) is 108 cm³/mol. The molecule has 28 heavy (non-hydrogen) atoms. The van der Waals surface area contributed by atoms with Crippen LogP contribution in [-0.4, -0.2) is 48.7 Å². The molecular formula is C23H27FN2O2. The number of nitrogens with zero attached hydrogens (tertiary/aromatic N) is 2. The number of ether oxygens (including phenoxy) is 1. The number of morpholine rings is 1. The molecule has 0 bridgehead atoms. The Balaban J connectivity index is 1.39. The highest BCUT2D eigenvalue weighted by Gasteiger charge is 2.45. The summed E-state index contributed by atoms with van der Waals surface area (Å²) in [6.45, 7) is 5.09. The first-order chi connectivity index (χ1) is 13.6. The first kappa shape index (κ1) is 19.1. The Hall–Kier alpha value is -2.24. The first-order valence-corrected chi connectivity index (χ1v) is 10.1. The van der Waals surface area contributed by atoms with Crippen molar-refractivity contribution in [3.63, 3.8) is 0 Å². The average Bonchev–Trinajstić information content (AvgIpc) is 2.72. The number of benzene rings is 2. The van der Waals surface area contributed by atoms with Crippen molar-refractivity contribution in [1.82, 2.24) is 4.90 Å². The number of anilines is 1. The SMILES string of the molecule is CC1OC2(CCN(CCc3ccccc3F)CC2)CN(c2ccccc2)C1=O. The third-order valence-electron chi connectivity index (χ3n) is 5.98. The van der Waals surface area contributed by atoms with Crippen LogP contribution in [0.5, 0.6) is 0 Å². The zero-order chi connectivity index (χ0) is 19.6. The number of piperidine rings is 1. The Labute approximate surface area is 165 Å². The number of para-hydroxylation sites is 1. The summed E-state index contributed by atoms with van der Waals surface area (Å²) in [6.07, 6.45) is 2.04. The number of hydrogen-bond donors (Lipinski definition) is 0. The van der Waals surface area contributed by atoms with E-state index in [-0.39, 0.29) is 17.3 Å². The van der Waals surface area contributed by atoms with Gasteiger partial charge in [-0.3, -0.25) is 4.79 Å². The minimum absolute atomic E-state index is 0.0267. The Morgan fingerprint density at radius 1 is 1.07 bits per heavy atom. The van der Waals surface area contributed by atoms with Crippen LogP contribution in [0.15, 0.2) is 54.6 Å². The lowest BCUT2D eigenvalue weighted by Gasteiger charge is -2.49. The zero-order valence-electron chi connectivity index (χ0n) is 16.3. The molecule has 0 aromatic heterocycles. The van der Waals surface area contributed by atoms with Gasteiger partial charge in [0.25, 0.3) is 5.91 Å². The van der Waals surface area contributed by atoms with Gasteiger partial charge in [-0.15, -0.1) is 0 Å². The monoisotopic (exact) mass is 382 g/mol. The van der Waals surface area contributed by atoms with Crippen molar-refractivity contribution in [3.8, 4) is 0 Å². The van der Waals surface area contributed by atoms with Crippen LogP contribution in [-0.2, 0) is 16.0 Å². The van der Waals surface area contributed by atoms with E-state index in [0.29, 0.717) is 13.0 Å². The van der Waals surface area contributed by atoms with Crippen molar-refractivity contribution < 1.29 is 13.9 Å². The zero-order valence-corrected chi connectivity index (χ0v) is 16.3. The van der Waals surface area contributed by atoms with Gasteiger partial charge in [-0.25, -0.2) is 4.39 Å². The van der Waals surface area contributed by atoms with Crippen molar-refractivity contribution in [2.45, 2.75) is 37.9 Å². The third kappa shape index (κ3) is 3.96. The summed E-state index contributed by atoms with van der Waals surface area (Å²) in [5, 5.41) is 0. The van der Waals surface area contributed by atoms with Gasteiger partial charge in [-0.05, 0) is 49.9 Å². The fourth-order valence-corrected chi connectivity index (χ4v) is 4.31. The lowest BCUT2D eigenvalue weighted by molar-refractivity contribution is -0.161. The minimum Gasteiger partial charge on any atom is -0.360 e. The fourth-order valence-electron chi connectivity index (χ4n) is 4.31. The molecule has 148 valence electrons. The van der Waals surface area contributed by atoms with Gasteiger partial charge in [0.15, 0.2) is 0 Å². The minimum atomic E-state index is -0.432. The molecule has 1 amide bonds. The van der Waals surface area contributed by atoms with Gasteiger partial charge in [0.1, 0.15) is 11.9 Å². The Morgan fingerprint density at radius 3 is 2.46 bits per heavy atom. The molecule has 2 aromatic carbocycles. The standard InChI is InChI=1S/C23H27FN2O2/c1-18-22(27)26(20-8-3-2-4-9-20)17-23(28-18)12-15-25(16-13-23)14-11-19-7-5-6-10-21(19)24/h2-10,18H,11-17H2,1H3. The molecule has 0 saturated carbocycles. The van der Waals surface area contributed by atoms with E-state index in [1.165, 1.54) is 6.07 Å². The van der Waals surface area contributed by atoms with Crippen LogP contribution in [0.25, 0.3) is 0 Å². The summed E-state index contributed by atoms with van der Waals surface area (Å²) in [6, 6.07) is 16.8. The highest BCUT2D eigenvalue weighted by atomic mass is 19.1. The van der Waals surface area contributed by atoms with E-state index in [0.717, 1.165) is 43.7 Å². The normalized spacial score (nSPS) is 22.6. The number of rotatable bonds is 4. The largest absolute Gasteiger partial charge is 0.360 e. The van der Waals surface area contributed by atoms with E-state index in [1.54, 1.807) is 6.07 Å². The van der Waals surface area contributed by atoms with Crippen molar-refractivity contribution in [2.24, 2.45) is 0 Å². The Kier molecular flexibility index (Phi) is 5.47. The summed E-state index contributed by atoms with van der Waals surface area (Å²) in [5.41, 5.74) is 1.41. The van der Waals surface area contributed by atoms with Gasteiger partial charge < -0.3 is 14.5 Å². The number of amides is 1. The third-order valence-corrected chi connectivity index (χ3v) is 5.98. The average molecular weight is 382 g/mol. The van der Waals surface area contributed by atoms with Gasteiger partial charge in [0.2, 0.25) is 0 Å². The van der Waals surface area contributed by atoms with Crippen LogP contribution >= 0.6 is 0 Å². The van der Waals surface area contributed by atoms with E-state index in [2.05, 4.69) is 4.90 Å². The molecule has 2 aromatic rings. The Morgan fingerprint density at radius 2 is 1.75 bits per heavy atom. The molecule has 2 fully saturated rings. The van der Waals surface area contributed by atoms with Crippen LogP contribution in [0.3, 0.4) is 0 Å². The molecule has 2 saturated heterocycles. The van der Waals surface area contributed by atoms with Crippen molar-refractivity contribution in [1.29, 1.82) is 0 Å². The van der Waals surface area contributed by atoms with Crippen LogP contribution in [0.2, 0.25) is 0 Å². The molecule has 2 heterocycles. The molecule has 1 atom stereocenters. The number of likely N-dealkylation sites (tertiary alicyclic amines) is 1. The number of carbonyl (C=O) groups is 1. The smallest absolute Gasteiger partial charge is 0.255 e. The van der Waals surface area contributed by atoms with Crippen molar-refractivity contribution in [2.75, 3.05) is 31.1 Å². The molecule has 4 rings (SSSR count). The van der Waals surface area contributed by atoms with Crippen LogP contribution < -0.4 is 4.90 Å². The maximum Gasteiger partial charge on any atom is 0.255 e. The van der Waals surface area contributed by atoms with Gasteiger partial charge in [0.05, 0.1) is 12.1 Å². The number of carbonyl (C=O) groups excluding carboxylic acids is 1. The van der Waals surface area contributed by atoms with Crippen molar-refractivity contribution >= 4 is 11.6 Å². The van der Waals surface area contributed by atoms with E-state index < -0.39 is 6.10 Å². The highest BCUT2D eigenvalue weighted by Crippen LogP contribution is 2.35. The second-order valence-corrected chi connectivity index (χ2v) is 7.89. The summed E-state index contributed by atoms with van der Waals surface area (Å²) in [5.74, 6) is -0.101. The Bertz CT molecular complexity index is 818. The molecular weight excluding hydrogens is 355 g/mol. The maximum absolute atomic E-state index is 13.8. The van der Waals surface area contributed by atoms with Crippen molar-refractivity contribution in [3.05, 3.63) is 66.0 Å². The molecule has 1 spiro atoms. The quantitative estimate of drug-likeness (QED) is 0.809. The van der Waals surface area contributed by atoms with Crippen LogP contribution in [0.4, 0.5) is 10.1 Å². The number of halogens is 1. The van der Waals surface area contributed by atoms with E-state index in [9.17, 15) is 9.18 Å². The van der Waals surface area contributed by atoms with E-state index in [1.807, 2.05) is 54.3 Å². The topological polar surface area (TPSA) is 32.8 Å². The van der Waals surface area contributed by atoms with Gasteiger partial charge in [0, 0.05) is 25.3 Å². The molecule has 0 radical (unpaired) electrons. The fraction of sp³-hybridized carbons (Fsp3) is 0.435. The lowest BCUT2D eigenvalue weighted by Crippen LogP contribution is -2.61.